The van der Waals surface area contributed by atoms with Crippen molar-refractivity contribution >= 4 is 21.5 Å². The molecule has 0 aliphatic rings. The van der Waals surface area contributed by atoms with Crippen LogP contribution in [0.5, 0.6) is 0 Å². The molecule has 0 bridgehead atoms. The Morgan fingerprint density at radius 1 is 1.00 bits per heavy atom. The van der Waals surface area contributed by atoms with Crippen LogP contribution in [0.25, 0.3) is 0 Å². The number of rotatable bonds is 4. The lowest BCUT2D eigenvalue weighted by molar-refractivity contribution is 0.101. The summed E-state index contributed by atoms with van der Waals surface area (Å²) in [7, 11) is -4.48. The molecule has 0 aliphatic carbocycles. The fourth-order valence-corrected chi connectivity index (χ4v) is 3.03. The quantitative estimate of drug-likeness (QED) is 0.883. The Hall–Kier alpha value is -2.28. The molecule has 0 atom stereocenters. The number of Topliss-reactive ketones (excluding diaryl/α,β-unsaturated/α-hetero) is 1. The van der Waals surface area contributed by atoms with Gasteiger partial charge in [-0.25, -0.2) is 17.2 Å². The molecule has 0 aliphatic heterocycles. The number of benzene rings is 2. The summed E-state index contributed by atoms with van der Waals surface area (Å²) in [6, 6.07) is 8.56. The van der Waals surface area contributed by atoms with Crippen molar-refractivity contribution in [1.82, 2.24) is 0 Å². The zero-order valence-corrected chi connectivity index (χ0v) is 11.7. The summed E-state index contributed by atoms with van der Waals surface area (Å²) in [5.74, 6) is -2.78. The van der Waals surface area contributed by atoms with Gasteiger partial charge in [-0.3, -0.25) is 9.52 Å². The summed E-state index contributed by atoms with van der Waals surface area (Å²) in [5, 5.41) is 0. The summed E-state index contributed by atoms with van der Waals surface area (Å²) in [6.45, 7) is 1.26. The Labute approximate surface area is 120 Å². The molecule has 0 unspecified atom stereocenters. The van der Waals surface area contributed by atoms with E-state index >= 15 is 0 Å². The van der Waals surface area contributed by atoms with Crippen LogP contribution in [0.4, 0.5) is 14.5 Å². The smallest absolute Gasteiger partial charge is 0.267 e. The fraction of sp³-hybridized carbons (Fsp3) is 0.0714. The summed E-state index contributed by atoms with van der Waals surface area (Å²) in [6.07, 6.45) is 0. The van der Waals surface area contributed by atoms with Crippen LogP contribution < -0.4 is 4.72 Å². The number of ketones is 1. The van der Waals surface area contributed by atoms with Crippen LogP contribution in [0.2, 0.25) is 0 Å². The van der Waals surface area contributed by atoms with Crippen LogP contribution in [-0.4, -0.2) is 14.2 Å². The van der Waals surface area contributed by atoms with Gasteiger partial charge in [0.25, 0.3) is 10.0 Å². The maximum Gasteiger partial charge on any atom is 0.267 e. The monoisotopic (exact) mass is 311 g/mol. The molecule has 0 radical (unpaired) electrons. The van der Waals surface area contributed by atoms with Crippen LogP contribution >= 0.6 is 0 Å². The number of carbonyl (C=O) groups excluding carboxylic acids is 1. The Bertz CT molecular complexity index is 783. The van der Waals surface area contributed by atoms with Gasteiger partial charge in [0, 0.05) is 5.56 Å². The molecule has 2 aromatic rings. The number of halogens is 2. The van der Waals surface area contributed by atoms with Crippen molar-refractivity contribution in [1.29, 1.82) is 0 Å². The lowest BCUT2D eigenvalue weighted by atomic mass is 10.1. The molecule has 2 rings (SSSR count). The third kappa shape index (κ3) is 3.08. The van der Waals surface area contributed by atoms with E-state index in [9.17, 15) is 22.0 Å². The summed E-state index contributed by atoms with van der Waals surface area (Å²) < 4.78 is 53.4. The first-order valence-corrected chi connectivity index (χ1v) is 7.38. The Morgan fingerprint density at radius 2 is 1.57 bits per heavy atom. The van der Waals surface area contributed by atoms with Crippen molar-refractivity contribution in [3.8, 4) is 0 Å². The SMILES string of the molecule is CC(=O)c1ccccc1NS(=O)(=O)c1c(F)cccc1F. The van der Waals surface area contributed by atoms with Crippen LogP contribution in [0.3, 0.4) is 0 Å². The first-order valence-electron chi connectivity index (χ1n) is 5.90. The average molecular weight is 311 g/mol. The second kappa shape index (κ2) is 5.61. The van der Waals surface area contributed by atoms with E-state index in [2.05, 4.69) is 0 Å². The number of sulfonamides is 1. The highest BCUT2D eigenvalue weighted by Crippen LogP contribution is 2.24. The maximum absolute atomic E-state index is 13.6. The van der Waals surface area contributed by atoms with Gasteiger partial charge in [0.05, 0.1) is 5.69 Å². The van der Waals surface area contributed by atoms with E-state index < -0.39 is 26.6 Å². The predicted molar refractivity (Wildman–Crippen MR) is 73.6 cm³/mol. The van der Waals surface area contributed by atoms with E-state index in [0.29, 0.717) is 0 Å². The number of carbonyl (C=O) groups is 1. The highest BCUT2D eigenvalue weighted by Gasteiger charge is 2.25. The van der Waals surface area contributed by atoms with Crippen molar-refractivity contribution in [2.45, 2.75) is 11.8 Å². The topological polar surface area (TPSA) is 63.2 Å². The lowest BCUT2D eigenvalue weighted by Gasteiger charge is -2.12. The van der Waals surface area contributed by atoms with Crippen LogP contribution in [-0.2, 0) is 10.0 Å². The van der Waals surface area contributed by atoms with Gasteiger partial charge >= 0.3 is 0 Å². The molecule has 21 heavy (non-hydrogen) atoms. The van der Waals surface area contributed by atoms with Gasteiger partial charge in [-0.2, -0.15) is 0 Å². The van der Waals surface area contributed by atoms with Gasteiger partial charge in [-0.1, -0.05) is 18.2 Å². The van der Waals surface area contributed by atoms with E-state index in [-0.39, 0.29) is 17.0 Å². The summed E-state index contributed by atoms with van der Waals surface area (Å²) in [4.78, 5) is 10.4. The molecule has 7 heteroatoms. The third-order valence-corrected chi connectivity index (χ3v) is 4.15. The number of nitrogens with one attached hydrogen (secondary N) is 1. The Morgan fingerprint density at radius 3 is 2.14 bits per heavy atom. The molecule has 0 spiro atoms. The molecule has 0 aromatic heterocycles. The van der Waals surface area contributed by atoms with E-state index in [4.69, 9.17) is 0 Å². The van der Waals surface area contributed by atoms with Crippen LogP contribution in [0.1, 0.15) is 17.3 Å². The molecule has 0 fully saturated rings. The second-order valence-electron chi connectivity index (χ2n) is 4.26. The van der Waals surface area contributed by atoms with Crippen molar-refractivity contribution in [2.24, 2.45) is 0 Å². The molecule has 0 amide bonds. The summed E-state index contributed by atoms with van der Waals surface area (Å²) in [5.41, 5.74) is 0.0745. The van der Waals surface area contributed by atoms with E-state index in [1.807, 2.05) is 4.72 Å². The predicted octanol–water partition coefficient (Wildman–Crippen LogP) is 2.97. The van der Waals surface area contributed by atoms with Gasteiger partial charge in [0.1, 0.15) is 11.6 Å². The minimum Gasteiger partial charge on any atom is -0.294 e. The summed E-state index contributed by atoms with van der Waals surface area (Å²) >= 11 is 0. The number of hydrogen-bond acceptors (Lipinski definition) is 3. The first kappa shape index (κ1) is 15.1. The van der Waals surface area contributed by atoms with Crippen molar-refractivity contribution in [3.05, 3.63) is 59.7 Å². The molecular formula is C14H11F2NO3S. The van der Waals surface area contributed by atoms with Crippen LogP contribution in [0, 0.1) is 11.6 Å². The molecular weight excluding hydrogens is 300 g/mol. The first-order chi connectivity index (χ1) is 9.83. The number of para-hydroxylation sites is 1. The van der Waals surface area contributed by atoms with Crippen molar-refractivity contribution in [3.63, 3.8) is 0 Å². The fourth-order valence-electron chi connectivity index (χ4n) is 1.81. The number of anilines is 1. The van der Waals surface area contributed by atoms with Gasteiger partial charge < -0.3 is 0 Å². The van der Waals surface area contributed by atoms with Gasteiger partial charge in [0.2, 0.25) is 0 Å². The van der Waals surface area contributed by atoms with Gasteiger partial charge in [0.15, 0.2) is 10.7 Å². The lowest BCUT2D eigenvalue weighted by Crippen LogP contribution is -2.18. The molecule has 0 saturated carbocycles. The molecule has 0 saturated heterocycles. The van der Waals surface area contributed by atoms with Gasteiger partial charge in [-0.15, -0.1) is 0 Å². The largest absolute Gasteiger partial charge is 0.294 e. The standard InChI is InChI=1S/C14H11F2NO3S/c1-9(18)10-5-2-3-8-13(10)17-21(19,20)14-11(15)6-4-7-12(14)16/h2-8,17H,1H3. The Balaban J connectivity index is 2.51. The Kier molecular flexibility index (Phi) is 4.04. The molecule has 4 nitrogen and oxygen atoms in total. The molecule has 110 valence electrons. The highest BCUT2D eigenvalue weighted by atomic mass is 32.2. The molecule has 1 N–H and O–H groups in total. The van der Waals surface area contributed by atoms with Crippen molar-refractivity contribution in [2.75, 3.05) is 4.72 Å². The minimum absolute atomic E-state index is 0.0346. The molecule has 0 heterocycles. The van der Waals surface area contributed by atoms with Crippen molar-refractivity contribution < 1.29 is 22.0 Å². The van der Waals surface area contributed by atoms with E-state index in [1.165, 1.54) is 25.1 Å². The van der Waals surface area contributed by atoms with Crippen LogP contribution in [0.15, 0.2) is 47.4 Å². The minimum atomic E-state index is -4.48. The highest BCUT2D eigenvalue weighted by molar-refractivity contribution is 7.92. The van der Waals surface area contributed by atoms with Gasteiger partial charge in [-0.05, 0) is 31.2 Å². The maximum atomic E-state index is 13.6. The van der Waals surface area contributed by atoms with E-state index in [1.54, 1.807) is 6.07 Å². The zero-order valence-electron chi connectivity index (χ0n) is 10.9. The van der Waals surface area contributed by atoms with E-state index in [0.717, 1.165) is 18.2 Å². The zero-order chi connectivity index (χ0) is 15.6. The average Bonchev–Trinajstić information content (AvgIpc) is 2.37. The normalized spacial score (nSPS) is 11.2. The third-order valence-electron chi connectivity index (χ3n) is 2.74. The second-order valence-corrected chi connectivity index (χ2v) is 5.88. The molecule has 2 aromatic carbocycles. The number of hydrogen-bond donors (Lipinski definition) is 1.